The number of carboxylic acid groups (broad SMARTS) is 1. The average molecular weight is 227 g/mol. The quantitative estimate of drug-likeness (QED) is 0.837. The summed E-state index contributed by atoms with van der Waals surface area (Å²) in [7, 11) is 0. The smallest absolute Gasteiger partial charge is 0.303 e. The van der Waals surface area contributed by atoms with Gasteiger partial charge in [0.05, 0.1) is 6.42 Å². The van der Waals surface area contributed by atoms with Crippen molar-refractivity contribution >= 4 is 23.2 Å². The van der Waals surface area contributed by atoms with Crippen LogP contribution in [0, 0.1) is 0 Å². The Labute approximate surface area is 89.5 Å². The number of hydrogen-bond acceptors (Lipinski definition) is 4. The highest BCUT2D eigenvalue weighted by molar-refractivity contribution is 6.32. The van der Waals surface area contributed by atoms with Crippen molar-refractivity contribution in [2.45, 2.75) is 12.8 Å². The molecule has 0 aliphatic carbocycles. The number of nitrogens with zero attached hydrogens (tertiary/aromatic N) is 4. The Morgan fingerprint density at radius 3 is 3.07 bits per heavy atom. The highest BCUT2D eigenvalue weighted by Crippen LogP contribution is 2.12. The van der Waals surface area contributed by atoms with Crippen LogP contribution in [0.2, 0.25) is 5.15 Å². The molecular formula is C8H7ClN4O2. The summed E-state index contributed by atoms with van der Waals surface area (Å²) in [6.07, 6.45) is 3.50. The first kappa shape index (κ1) is 9.85. The van der Waals surface area contributed by atoms with Gasteiger partial charge in [0, 0.05) is 18.8 Å². The Kier molecular flexibility index (Phi) is 2.51. The van der Waals surface area contributed by atoms with Gasteiger partial charge in [-0.05, 0) is 0 Å². The summed E-state index contributed by atoms with van der Waals surface area (Å²) in [6, 6.07) is 0. The lowest BCUT2D eigenvalue weighted by Gasteiger charge is -1.97. The third kappa shape index (κ3) is 1.89. The molecule has 0 unspecified atom stereocenters. The number of aromatic nitrogens is 4. The first-order valence-electron chi connectivity index (χ1n) is 4.24. The maximum Gasteiger partial charge on any atom is 0.303 e. The van der Waals surface area contributed by atoms with E-state index in [2.05, 4.69) is 15.2 Å². The predicted molar refractivity (Wildman–Crippen MR) is 51.7 cm³/mol. The molecule has 0 bridgehead atoms. The van der Waals surface area contributed by atoms with E-state index in [1.54, 1.807) is 10.6 Å². The third-order valence-electron chi connectivity index (χ3n) is 1.92. The van der Waals surface area contributed by atoms with Crippen LogP contribution in [0.25, 0.3) is 5.65 Å². The van der Waals surface area contributed by atoms with Gasteiger partial charge in [0.2, 0.25) is 0 Å². The minimum absolute atomic E-state index is 0.0146. The van der Waals surface area contributed by atoms with Crippen molar-refractivity contribution in [3.8, 4) is 0 Å². The van der Waals surface area contributed by atoms with Crippen LogP contribution >= 0.6 is 11.6 Å². The number of hydrogen-bond donors (Lipinski definition) is 1. The molecule has 2 aromatic rings. The summed E-state index contributed by atoms with van der Waals surface area (Å²) < 4.78 is 1.64. The second-order valence-corrected chi connectivity index (χ2v) is 3.28. The summed E-state index contributed by atoms with van der Waals surface area (Å²) in [5.41, 5.74) is 0.444. The molecule has 0 radical (unpaired) electrons. The van der Waals surface area contributed by atoms with E-state index in [9.17, 15) is 4.79 Å². The van der Waals surface area contributed by atoms with Gasteiger partial charge in [-0.25, -0.2) is 4.98 Å². The van der Waals surface area contributed by atoms with Gasteiger partial charge in [-0.3, -0.25) is 9.20 Å². The lowest BCUT2D eigenvalue weighted by Crippen LogP contribution is -2.01. The van der Waals surface area contributed by atoms with Gasteiger partial charge in [-0.15, -0.1) is 10.2 Å². The zero-order chi connectivity index (χ0) is 10.8. The molecular weight excluding hydrogens is 220 g/mol. The van der Waals surface area contributed by atoms with E-state index >= 15 is 0 Å². The number of carboxylic acids is 1. The fraction of sp³-hybridized carbons (Fsp3) is 0.250. The van der Waals surface area contributed by atoms with Crippen molar-refractivity contribution in [3.63, 3.8) is 0 Å². The van der Waals surface area contributed by atoms with E-state index in [1.807, 2.05) is 0 Å². The number of fused-ring (bicyclic) bond motifs is 1. The number of aliphatic carboxylic acids is 1. The van der Waals surface area contributed by atoms with Crippen molar-refractivity contribution < 1.29 is 9.90 Å². The van der Waals surface area contributed by atoms with Gasteiger partial charge < -0.3 is 5.11 Å². The largest absolute Gasteiger partial charge is 0.481 e. The molecule has 0 aromatic carbocycles. The van der Waals surface area contributed by atoms with Crippen molar-refractivity contribution in [1.29, 1.82) is 0 Å². The van der Waals surface area contributed by atoms with Crippen LogP contribution in [0.4, 0.5) is 0 Å². The second kappa shape index (κ2) is 3.82. The summed E-state index contributed by atoms with van der Waals surface area (Å²) in [5.74, 6) is -0.302. The molecule has 7 heteroatoms. The summed E-state index contributed by atoms with van der Waals surface area (Å²) in [5, 5.41) is 16.5. The Morgan fingerprint density at radius 1 is 1.53 bits per heavy atom. The minimum Gasteiger partial charge on any atom is -0.481 e. The van der Waals surface area contributed by atoms with Crippen molar-refractivity contribution in [2.24, 2.45) is 0 Å². The van der Waals surface area contributed by atoms with Crippen molar-refractivity contribution in [2.75, 3.05) is 0 Å². The van der Waals surface area contributed by atoms with Crippen LogP contribution in [-0.2, 0) is 11.2 Å². The minimum atomic E-state index is -0.869. The number of aryl methyl sites for hydroxylation is 1. The number of carbonyl (C=O) groups is 1. The lowest BCUT2D eigenvalue weighted by molar-refractivity contribution is -0.137. The SMILES string of the molecule is O=C(O)CCc1nnc2c(Cl)nccn12. The molecule has 6 nitrogen and oxygen atoms in total. The van der Waals surface area contributed by atoms with Gasteiger partial charge in [-0.1, -0.05) is 11.6 Å². The fourth-order valence-corrected chi connectivity index (χ4v) is 1.42. The van der Waals surface area contributed by atoms with Crippen LogP contribution in [0.15, 0.2) is 12.4 Å². The third-order valence-corrected chi connectivity index (χ3v) is 2.18. The summed E-state index contributed by atoms with van der Waals surface area (Å²) >= 11 is 5.78. The van der Waals surface area contributed by atoms with Gasteiger partial charge >= 0.3 is 5.97 Å². The first-order chi connectivity index (χ1) is 7.18. The Balaban J connectivity index is 2.37. The average Bonchev–Trinajstić information content (AvgIpc) is 2.59. The summed E-state index contributed by atoms with van der Waals surface area (Å²) in [4.78, 5) is 14.2. The molecule has 78 valence electrons. The maximum absolute atomic E-state index is 10.4. The molecule has 0 fully saturated rings. The van der Waals surface area contributed by atoms with E-state index in [-0.39, 0.29) is 11.6 Å². The predicted octanol–water partition coefficient (Wildman–Crippen LogP) is 0.795. The summed E-state index contributed by atoms with van der Waals surface area (Å²) in [6.45, 7) is 0. The standard InChI is InChI=1S/C8H7ClN4O2/c9-7-8-12-11-5(1-2-6(14)15)13(8)4-3-10-7/h3-4H,1-2H2,(H,14,15). The van der Waals surface area contributed by atoms with Crippen LogP contribution < -0.4 is 0 Å². The molecule has 2 aromatic heterocycles. The number of rotatable bonds is 3. The first-order valence-corrected chi connectivity index (χ1v) is 4.62. The molecule has 2 heterocycles. The number of halogens is 1. The van der Waals surface area contributed by atoms with Gasteiger partial charge in [0.15, 0.2) is 10.8 Å². The van der Waals surface area contributed by atoms with Crippen molar-refractivity contribution in [1.82, 2.24) is 19.6 Å². The second-order valence-electron chi connectivity index (χ2n) is 2.92. The highest BCUT2D eigenvalue weighted by Gasteiger charge is 2.09. The molecule has 1 N–H and O–H groups in total. The molecule has 15 heavy (non-hydrogen) atoms. The van der Waals surface area contributed by atoms with Gasteiger partial charge in [0.1, 0.15) is 5.82 Å². The van der Waals surface area contributed by atoms with E-state index in [0.717, 1.165) is 0 Å². The van der Waals surface area contributed by atoms with E-state index in [0.29, 0.717) is 17.9 Å². The van der Waals surface area contributed by atoms with E-state index in [4.69, 9.17) is 16.7 Å². The molecule has 0 atom stereocenters. The van der Waals surface area contributed by atoms with Crippen LogP contribution in [-0.4, -0.2) is 30.7 Å². The van der Waals surface area contributed by atoms with Crippen molar-refractivity contribution in [3.05, 3.63) is 23.4 Å². The van der Waals surface area contributed by atoms with Crippen LogP contribution in [0.1, 0.15) is 12.2 Å². The Hall–Kier alpha value is -1.69. The topological polar surface area (TPSA) is 80.4 Å². The Morgan fingerprint density at radius 2 is 2.33 bits per heavy atom. The Bertz CT molecular complexity index is 510. The lowest BCUT2D eigenvalue weighted by atomic mass is 10.3. The van der Waals surface area contributed by atoms with Gasteiger partial charge in [-0.2, -0.15) is 0 Å². The maximum atomic E-state index is 10.4. The fourth-order valence-electron chi connectivity index (χ4n) is 1.23. The molecule has 0 aliphatic heterocycles. The normalized spacial score (nSPS) is 10.7. The van der Waals surface area contributed by atoms with E-state index < -0.39 is 5.97 Å². The molecule has 0 saturated heterocycles. The van der Waals surface area contributed by atoms with Crippen LogP contribution in [0.3, 0.4) is 0 Å². The zero-order valence-electron chi connectivity index (χ0n) is 7.59. The van der Waals surface area contributed by atoms with E-state index in [1.165, 1.54) is 6.20 Å². The molecule has 2 rings (SSSR count). The molecule has 0 spiro atoms. The highest BCUT2D eigenvalue weighted by atomic mass is 35.5. The molecule has 0 saturated carbocycles. The zero-order valence-corrected chi connectivity index (χ0v) is 8.35. The molecule has 0 amide bonds. The molecule has 0 aliphatic rings. The monoisotopic (exact) mass is 226 g/mol. The van der Waals surface area contributed by atoms with Crippen LogP contribution in [0.5, 0.6) is 0 Å². The van der Waals surface area contributed by atoms with Gasteiger partial charge in [0.25, 0.3) is 0 Å².